The molecule has 1 N–H and O–H groups in total. The third kappa shape index (κ3) is 7.54. The zero-order chi connectivity index (χ0) is 22.1. The van der Waals surface area contributed by atoms with E-state index in [2.05, 4.69) is 0 Å². The summed E-state index contributed by atoms with van der Waals surface area (Å²) < 4.78 is 17.8. The monoisotopic (exact) mass is 440 g/mol. The molecule has 0 spiro atoms. The van der Waals surface area contributed by atoms with Crippen molar-refractivity contribution < 1.29 is 24.1 Å². The van der Waals surface area contributed by atoms with Gasteiger partial charge in [0.15, 0.2) is 11.5 Å². The van der Waals surface area contributed by atoms with E-state index in [-0.39, 0.29) is 12.5 Å². The number of carbonyl (C=O) groups is 1. The summed E-state index contributed by atoms with van der Waals surface area (Å²) in [5.74, 6) is 1.77. The lowest BCUT2D eigenvalue weighted by atomic mass is 10.1. The van der Waals surface area contributed by atoms with Crippen molar-refractivity contribution in [3.05, 3.63) is 83.4 Å². The fourth-order valence-electron chi connectivity index (χ4n) is 2.93. The lowest BCUT2D eigenvalue weighted by Crippen LogP contribution is -2.16. The second-order valence-corrected chi connectivity index (χ2v) is 7.55. The van der Waals surface area contributed by atoms with Crippen LogP contribution in [0, 0.1) is 0 Å². The molecule has 0 saturated carbocycles. The smallest absolute Gasteiger partial charge is 0.303 e. The number of carboxylic acids is 1. The van der Waals surface area contributed by atoms with Crippen molar-refractivity contribution in [1.82, 2.24) is 0 Å². The van der Waals surface area contributed by atoms with Crippen LogP contribution in [0.25, 0.3) is 0 Å². The highest BCUT2D eigenvalue weighted by molar-refractivity contribution is 6.30. The van der Waals surface area contributed by atoms with Gasteiger partial charge in [0.1, 0.15) is 11.5 Å². The highest BCUT2D eigenvalue weighted by Gasteiger charge is 2.12. The lowest BCUT2D eigenvalue weighted by molar-refractivity contribution is -0.136. The summed E-state index contributed by atoms with van der Waals surface area (Å²) in [4.78, 5) is 10.7. The number of hydrogen-bond acceptors (Lipinski definition) is 4. The van der Waals surface area contributed by atoms with Crippen molar-refractivity contribution in [3.63, 3.8) is 0 Å². The van der Waals surface area contributed by atoms with Crippen LogP contribution in [0.2, 0.25) is 5.02 Å². The van der Waals surface area contributed by atoms with Crippen LogP contribution >= 0.6 is 11.6 Å². The molecule has 3 aromatic carbocycles. The lowest BCUT2D eigenvalue weighted by Gasteiger charge is -2.18. The molecule has 0 aliphatic heterocycles. The van der Waals surface area contributed by atoms with E-state index in [1.807, 2.05) is 61.5 Å². The van der Waals surface area contributed by atoms with E-state index in [1.165, 1.54) is 0 Å². The molecule has 0 heterocycles. The Bertz CT molecular complexity index is 990. The molecular formula is C25H25ClO5. The molecule has 1 unspecified atom stereocenters. The van der Waals surface area contributed by atoms with Gasteiger partial charge in [0.25, 0.3) is 0 Å². The Morgan fingerprint density at radius 3 is 2.52 bits per heavy atom. The topological polar surface area (TPSA) is 65.0 Å². The van der Waals surface area contributed by atoms with Crippen molar-refractivity contribution in [2.24, 2.45) is 0 Å². The summed E-state index contributed by atoms with van der Waals surface area (Å²) >= 11 is 6.14. The number of aliphatic carboxylic acids is 1. The third-order valence-corrected chi connectivity index (χ3v) is 4.76. The minimum absolute atomic E-state index is 0.100. The van der Waals surface area contributed by atoms with E-state index >= 15 is 0 Å². The minimum Gasteiger partial charge on any atom is -0.493 e. The van der Waals surface area contributed by atoms with E-state index in [0.29, 0.717) is 41.7 Å². The molecular weight excluding hydrogens is 416 g/mol. The van der Waals surface area contributed by atoms with Crippen LogP contribution in [-0.2, 0) is 11.2 Å². The normalized spacial score (nSPS) is 11.5. The number of para-hydroxylation sites is 1. The first-order valence-corrected chi connectivity index (χ1v) is 10.5. The molecule has 0 radical (unpaired) electrons. The average Bonchev–Trinajstić information content (AvgIpc) is 2.75. The fraction of sp³-hybridized carbons (Fsp3) is 0.240. The quantitative estimate of drug-likeness (QED) is 0.374. The average molecular weight is 441 g/mol. The van der Waals surface area contributed by atoms with Crippen molar-refractivity contribution >= 4 is 17.6 Å². The van der Waals surface area contributed by atoms with Gasteiger partial charge in [-0.3, -0.25) is 4.79 Å². The highest BCUT2D eigenvalue weighted by Crippen LogP contribution is 2.35. The second-order valence-electron chi connectivity index (χ2n) is 7.11. The van der Waals surface area contributed by atoms with Gasteiger partial charge >= 0.3 is 5.97 Å². The van der Waals surface area contributed by atoms with Gasteiger partial charge in [-0.05, 0) is 55.3 Å². The first-order chi connectivity index (χ1) is 15.0. The Labute approximate surface area is 187 Å². The predicted molar refractivity (Wildman–Crippen MR) is 121 cm³/mol. The van der Waals surface area contributed by atoms with Gasteiger partial charge in [-0.15, -0.1) is 0 Å². The number of carboxylic acid groups (broad SMARTS) is 1. The largest absolute Gasteiger partial charge is 0.493 e. The molecule has 0 saturated heterocycles. The number of halogens is 1. The van der Waals surface area contributed by atoms with E-state index in [1.54, 1.807) is 18.2 Å². The summed E-state index contributed by atoms with van der Waals surface area (Å²) in [5.41, 5.74) is 0.938. The molecule has 162 valence electrons. The van der Waals surface area contributed by atoms with Crippen molar-refractivity contribution in [2.45, 2.75) is 32.3 Å². The summed E-state index contributed by atoms with van der Waals surface area (Å²) in [7, 11) is 0. The molecule has 3 aromatic rings. The summed E-state index contributed by atoms with van der Waals surface area (Å²) in [5, 5.41) is 9.39. The Morgan fingerprint density at radius 2 is 1.74 bits per heavy atom. The van der Waals surface area contributed by atoms with Crippen molar-refractivity contribution in [2.75, 3.05) is 6.61 Å². The van der Waals surface area contributed by atoms with Crippen LogP contribution in [0.3, 0.4) is 0 Å². The van der Waals surface area contributed by atoms with Crippen LogP contribution in [0.15, 0.2) is 72.8 Å². The summed E-state index contributed by atoms with van der Waals surface area (Å²) in [6.07, 6.45) is 1.12. The Hall–Kier alpha value is -3.18. The maximum atomic E-state index is 10.7. The molecule has 31 heavy (non-hydrogen) atoms. The Kier molecular flexibility index (Phi) is 8.19. The first-order valence-electron chi connectivity index (χ1n) is 10.1. The van der Waals surface area contributed by atoms with E-state index in [9.17, 15) is 4.79 Å². The number of hydrogen-bond donors (Lipinski definition) is 1. The van der Waals surface area contributed by atoms with Crippen molar-refractivity contribution in [1.29, 1.82) is 0 Å². The van der Waals surface area contributed by atoms with Gasteiger partial charge < -0.3 is 19.3 Å². The Balaban J connectivity index is 1.54. The molecule has 0 amide bonds. The first kappa shape index (κ1) is 22.5. The second kappa shape index (κ2) is 11.3. The summed E-state index contributed by atoms with van der Waals surface area (Å²) in [6, 6.07) is 22.3. The van der Waals surface area contributed by atoms with E-state index in [0.717, 1.165) is 11.3 Å². The standard InChI is InChI=1S/C25H25ClO5/c1-18(14-15-29-22-9-5-6-19(16-22)10-13-25(27)28)30-23-12-11-20(26)17-24(23)31-21-7-3-2-4-8-21/h2-9,11-12,16-18H,10,13-15H2,1H3,(H,27,28). The maximum Gasteiger partial charge on any atom is 0.303 e. The molecule has 0 bridgehead atoms. The third-order valence-electron chi connectivity index (χ3n) is 4.52. The highest BCUT2D eigenvalue weighted by atomic mass is 35.5. The molecule has 6 heteroatoms. The minimum atomic E-state index is -0.810. The molecule has 0 aromatic heterocycles. The molecule has 0 fully saturated rings. The van der Waals surface area contributed by atoms with Gasteiger partial charge in [0.2, 0.25) is 0 Å². The molecule has 3 rings (SSSR count). The van der Waals surface area contributed by atoms with E-state index < -0.39 is 5.97 Å². The molecule has 1 atom stereocenters. The van der Waals surface area contributed by atoms with Gasteiger partial charge in [-0.2, -0.15) is 0 Å². The number of aryl methyl sites for hydroxylation is 1. The number of rotatable bonds is 11. The van der Waals surface area contributed by atoms with Gasteiger partial charge in [0.05, 0.1) is 12.7 Å². The Morgan fingerprint density at radius 1 is 0.968 bits per heavy atom. The number of benzene rings is 3. The van der Waals surface area contributed by atoms with E-state index in [4.69, 9.17) is 30.9 Å². The summed E-state index contributed by atoms with van der Waals surface area (Å²) in [6.45, 7) is 2.43. The van der Waals surface area contributed by atoms with Crippen LogP contribution < -0.4 is 14.2 Å². The van der Waals surface area contributed by atoms with Crippen LogP contribution in [-0.4, -0.2) is 23.8 Å². The van der Waals surface area contributed by atoms with Gasteiger partial charge in [-0.1, -0.05) is 41.9 Å². The van der Waals surface area contributed by atoms with Gasteiger partial charge in [0, 0.05) is 23.9 Å². The SMILES string of the molecule is CC(CCOc1cccc(CCC(=O)O)c1)Oc1ccc(Cl)cc1Oc1ccccc1. The number of ether oxygens (including phenoxy) is 3. The zero-order valence-electron chi connectivity index (χ0n) is 17.3. The molecule has 5 nitrogen and oxygen atoms in total. The fourth-order valence-corrected chi connectivity index (χ4v) is 3.10. The van der Waals surface area contributed by atoms with Gasteiger partial charge in [-0.25, -0.2) is 0 Å². The predicted octanol–water partition coefficient (Wildman–Crippen LogP) is 6.39. The maximum absolute atomic E-state index is 10.7. The van der Waals surface area contributed by atoms with Crippen LogP contribution in [0.4, 0.5) is 0 Å². The zero-order valence-corrected chi connectivity index (χ0v) is 18.0. The van der Waals surface area contributed by atoms with Crippen molar-refractivity contribution in [3.8, 4) is 23.0 Å². The van der Waals surface area contributed by atoms with Crippen LogP contribution in [0.5, 0.6) is 23.0 Å². The molecule has 0 aliphatic carbocycles. The van der Waals surface area contributed by atoms with Crippen LogP contribution in [0.1, 0.15) is 25.3 Å². The molecule has 0 aliphatic rings.